The summed E-state index contributed by atoms with van der Waals surface area (Å²) in [6.45, 7) is 14.4. The monoisotopic (exact) mass is 1020 g/mol. The van der Waals surface area contributed by atoms with Gasteiger partial charge in [0.2, 0.25) is 11.8 Å². The highest BCUT2D eigenvalue weighted by molar-refractivity contribution is 6.25. The standard InChI is InChI=1S/C52H72N6O15/c1-39-5-9-47(50(60)56-39)58-51(61)42-3-2-4-45(49(42)52(58)62)54-13-15-63-17-19-65-21-23-67-25-27-69-29-31-71-33-35-73-36-34-72-32-30-70-28-26-68-24-22-66-20-18-64-16-14-55-48(59)10-7-40-6-8-41-43-38-53-12-11-44(43)57-46(41)37-40/h2-4,6,8,11-12,37-38,47,54,57H,1,5,7,9-10,13-36H2,(H,55,59)(H,56,60). The normalized spacial score (nSPS) is 14.7. The van der Waals surface area contributed by atoms with Gasteiger partial charge in [0.15, 0.2) is 0 Å². The number of aromatic nitrogens is 2. The number of aromatic amines is 1. The van der Waals surface area contributed by atoms with Gasteiger partial charge in [-0.3, -0.25) is 29.1 Å². The van der Waals surface area contributed by atoms with Gasteiger partial charge in [-0.05, 0) is 49.1 Å². The minimum absolute atomic E-state index is 0.00444. The highest BCUT2D eigenvalue weighted by atomic mass is 16.6. The molecule has 2 aromatic carbocycles. The van der Waals surface area contributed by atoms with E-state index in [1.54, 1.807) is 24.4 Å². The molecule has 0 radical (unpaired) electrons. The van der Waals surface area contributed by atoms with Gasteiger partial charge < -0.3 is 73.0 Å². The van der Waals surface area contributed by atoms with Crippen LogP contribution >= 0.6 is 0 Å². The lowest BCUT2D eigenvalue weighted by atomic mass is 10.0. The number of pyridine rings is 1. The van der Waals surface area contributed by atoms with Gasteiger partial charge in [0.1, 0.15) is 6.04 Å². The van der Waals surface area contributed by atoms with Crippen LogP contribution in [0, 0.1) is 0 Å². The zero-order chi connectivity index (χ0) is 51.1. The molecule has 400 valence electrons. The third kappa shape index (κ3) is 19.7. The van der Waals surface area contributed by atoms with Crippen LogP contribution < -0.4 is 16.0 Å². The Labute approximate surface area is 426 Å². The number of imide groups is 1. The number of H-pyrrole nitrogens is 1. The molecule has 0 spiro atoms. The van der Waals surface area contributed by atoms with Crippen LogP contribution in [0.1, 0.15) is 45.5 Å². The fourth-order valence-electron chi connectivity index (χ4n) is 7.86. The van der Waals surface area contributed by atoms with Crippen molar-refractivity contribution in [3.8, 4) is 0 Å². The van der Waals surface area contributed by atoms with E-state index in [9.17, 15) is 19.2 Å². The van der Waals surface area contributed by atoms with Gasteiger partial charge in [-0.15, -0.1) is 0 Å². The largest absolute Gasteiger partial charge is 0.382 e. The van der Waals surface area contributed by atoms with Crippen molar-refractivity contribution in [1.82, 2.24) is 25.5 Å². The molecule has 1 saturated heterocycles. The summed E-state index contributed by atoms with van der Waals surface area (Å²) in [5.41, 5.74) is 4.85. The molecule has 0 bridgehead atoms. The number of fused-ring (bicyclic) bond motifs is 4. The van der Waals surface area contributed by atoms with Crippen molar-refractivity contribution in [3.05, 3.63) is 83.8 Å². The van der Waals surface area contributed by atoms with Crippen LogP contribution in [0.15, 0.2) is 67.1 Å². The molecular formula is C52H72N6O15. The third-order valence-electron chi connectivity index (χ3n) is 11.5. The number of nitrogens with one attached hydrogen (secondary N) is 4. The van der Waals surface area contributed by atoms with Crippen molar-refractivity contribution in [2.45, 2.75) is 31.7 Å². The fraction of sp³-hybridized carbons (Fsp3) is 0.558. The minimum atomic E-state index is -0.857. The van der Waals surface area contributed by atoms with E-state index in [0.717, 1.165) is 32.3 Å². The number of rotatable bonds is 41. The smallest absolute Gasteiger partial charge is 0.264 e. The van der Waals surface area contributed by atoms with Crippen molar-refractivity contribution in [1.29, 1.82) is 0 Å². The van der Waals surface area contributed by atoms with E-state index < -0.39 is 23.8 Å². The zero-order valence-electron chi connectivity index (χ0n) is 41.8. The van der Waals surface area contributed by atoms with Gasteiger partial charge in [-0.25, -0.2) is 0 Å². The maximum atomic E-state index is 13.3. The lowest BCUT2D eigenvalue weighted by Gasteiger charge is -2.29. The third-order valence-corrected chi connectivity index (χ3v) is 11.5. The summed E-state index contributed by atoms with van der Waals surface area (Å²) in [5, 5.41) is 11.0. The Kier molecular flexibility index (Phi) is 26.0. The van der Waals surface area contributed by atoms with E-state index in [2.05, 4.69) is 50.7 Å². The van der Waals surface area contributed by atoms with Gasteiger partial charge in [0, 0.05) is 65.1 Å². The Bertz CT molecular complexity index is 2310. The molecule has 2 aliphatic rings. The molecule has 4 heterocycles. The second-order valence-corrected chi connectivity index (χ2v) is 16.8. The quantitative estimate of drug-likeness (QED) is 0.0368. The molecule has 6 rings (SSSR count). The molecule has 73 heavy (non-hydrogen) atoms. The van der Waals surface area contributed by atoms with Crippen molar-refractivity contribution in [2.75, 3.05) is 164 Å². The summed E-state index contributed by atoms with van der Waals surface area (Å²) in [4.78, 5) is 59.8. The Morgan fingerprint density at radius 3 is 1.67 bits per heavy atom. The Balaban J connectivity index is 0.597. The molecular weight excluding hydrogens is 949 g/mol. The number of carbonyl (C=O) groups excluding carboxylic acids is 4. The van der Waals surface area contributed by atoms with E-state index in [0.29, 0.717) is 196 Å². The topological polar surface area (TPSA) is 238 Å². The molecule has 21 nitrogen and oxygen atoms in total. The molecule has 4 amide bonds. The van der Waals surface area contributed by atoms with Crippen LogP contribution in [-0.4, -0.2) is 203 Å². The highest BCUT2D eigenvalue weighted by Gasteiger charge is 2.45. The van der Waals surface area contributed by atoms with Gasteiger partial charge in [0.25, 0.3) is 11.8 Å². The second kappa shape index (κ2) is 33.4. The fourth-order valence-corrected chi connectivity index (χ4v) is 7.86. The molecule has 0 saturated carbocycles. The molecule has 4 N–H and O–H groups in total. The van der Waals surface area contributed by atoms with E-state index >= 15 is 0 Å². The number of anilines is 1. The Hall–Kier alpha value is -5.43. The molecule has 21 heteroatoms. The number of ether oxygens (including phenoxy) is 11. The molecule has 2 aromatic heterocycles. The number of hydrogen-bond donors (Lipinski definition) is 4. The summed E-state index contributed by atoms with van der Waals surface area (Å²) < 4.78 is 61.0. The Morgan fingerprint density at radius 1 is 0.616 bits per heavy atom. The lowest BCUT2D eigenvalue weighted by molar-refractivity contribution is -0.125. The first-order valence-electron chi connectivity index (χ1n) is 25.1. The van der Waals surface area contributed by atoms with E-state index in [4.69, 9.17) is 52.1 Å². The number of allylic oxidation sites excluding steroid dienone is 1. The van der Waals surface area contributed by atoms with E-state index in [-0.39, 0.29) is 17.0 Å². The van der Waals surface area contributed by atoms with E-state index in [1.807, 2.05) is 12.3 Å². The lowest BCUT2D eigenvalue weighted by Crippen LogP contribution is -2.51. The van der Waals surface area contributed by atoms with Crippen LogP contribution in [0.25, 0.3) is 21.8 Å². The van der Waals surface area contributed by atoms with Gasteiger partial charge in [-0.1, -0.05) is 24.8 Å². The number of amides is 4. The molecule has 1 fully saturated rings. The Morgan fingerprint density at radius 2 is 1.14 bits per heavy atom. The summed E-state index contributed by atoms with van der Waals surface area (Å²) in [5.74, 6) is -1.36. The minimum Gasteiger partial charge on any atom is -0.382 e. The van der Waals surface area contributed by atoms with Gasteiger partial charge in [-0.2, -0.15) is 0 Å². The van der Waals surface area contributed by atoms with Crippen LogP contribution in [0.4, 0.5) is 5.69 Å². The van der Waals surface area contributed by atoms with Crippen LogP contribution in [0.5, 0.6) is 0 Å². The van der Waals surface area contributed by atoms with Crippen molar-refractivity contribution >= 4 is 51.1 Å². The molecule has 0 aliphatic carbocycles. The number of benzene rings is 2. The molecule has 2 aliphatic heterocycles. The van der Waals surface area contributed by atoms with Crippen LogP contribution in [0.2, 0.25) is 0 Å². The maximum Gasteiger partial charge on any atom is 0.264 e. The van der Waals surface area contributed by atoms with Gasteiger partial charge >= 0.3 is 0 Å². The average molecular weight is 1020 g/mol. The first-order valence-corrected chi connectivity index (χ1v) is 25.1. The number of carbonyl (C=O) groups is 4. The summed E-state index contributed by atoms with van der Waals surface area (Å²) in [7, 11) is 0. The first kappa shape index (κ1) is 56.9. The van der Waals surface area contributed by atoms with Crippen LogP contribution in [-0.2, 0) is 68.1 Å². The number of nitrogens with zero attached hydrogens (tertiary/aromatic N) is 2. The van der Waals surface area contributed by atoms with Crippen molar-refractivity contribution < 1.29 is 71.3 Å². The maximum absolute atomic E-state index is 13.3. The summed E-state index contributed by atoms with van der Waals surface area (Å²) in [6, 6.07) is 12.4. The van der Waals surface area contributed by atoms with Crippen molar-refractivity contribution in [3.63, 3.8) is 0 Å². The predicted molar refractivity (Wildman–Crippen MR) is 270 cm³/mol. The summed E-state index contributed by atoms with van der Waals surface area (Å²) >= 11 is 0. The van der Waals surface area contributed by atoms with E-state index in [1.165, 1.54) is 0 Å². The van der Waals surface area contributed by atoms with Crippen LogP contribution in [0.3, 0.4) is 0 Å². The number of aryl methyl sites for hydroxylation is 1. The SMILES string of the molecule is C=C1CCC(N2C(=O)c3cccc(NCCOCCOCCOCCOCCOCCOCCOCCOCCOCCOCCOCCNC(=O)CCc4ccc5c(c4)[nH]c4ccncc45)c3C2=O)C(=O)N1. The molecule has 1 atom stereocenters. The number of piperidine rings is 1. The molecule has 4 aromatic rings. The zero-order valence-corrected chi connectivity index (χ0v) is 41.8. The van der Waals surface area contributed by atoms with Gasteiger partial charge in [0.05, 0.1) is 156 Å². The molecule has 1 unspecified atom stereocenters. The predicted octanol–water partition coefficient (Wildman–Crippen LogP) is 3.45. The number of hydrogen-bond acceptors (Lipinski definition) is 17. The first-order chi connectivity index (χ1) is 35.9. The second-order valence-electron chi connectivity index (χ2n) is 16.8. The average Bonchev–Trinajstić information content (AvgIpc) is 3.89. The van der Waals surface area contributed by atoms with Crippen molar-refractivity contribution in [2.24, 2.45) is 0 Å². The highest BCUT2D eigenvalue weighted by Crippen LogP contribution is 2.33. The summed E-state index contributed by atoms with van der Waals surface area (Å²) in [6.07, 6.45) is 5.56.